The molecule has 1 aromatic heterocycles. The van der Waals surface area contributed by atoms with Gasteiger partial charge in [-0.25, -0.2) is 0 Å². The van der Waals surface area contributed by atoms with E-state index in [1.165, 1.54) is 10.4 Å². The molecule has 0 aromatic carbocycles. The molecule has 1 aliphatic rings. The SMILES string of the molecule is Cc1cc(C(=O)C2CCOCC2)sc1C. The van der Waals surface area contributed by atoms with Crippen LogP contribution in [0.5, 0.6) is 0 Å². The molecule has 0 aliphatic carbocycles. The Morgan fingerprint density at radius 2 is 2.07 bits per heavy atom. The van der Waals surface area contributed by atoms with E-state index in [4.69, 9.17) is 4.74 Å². The fraction of sp³-hybridized carbons (Fsp3) is 0.583. The first-order valence-corrected chi connectivity index (χ1v) is 6.19. The van der Waals surface area contributed by atoms with E-state index in [1.54, 1.807) is 11.3 Å². The van der Waals surface area contributed by atoms with Gasteiger partial charge in [-0.3, -0.25) is 4.79 Å². The van der Waals surface area contributed by atoms with Crippen LogP contribution >= 0.6 is 11.3 Å². The Kier molecular flexibility index (Phi) is 3.22. The molecule has 0 amide bonds. The zero-order valence-electron chi connectivity index (χ0n) is 9.21. The smallest absolute Gasteiger partial charge is 0.176 e. The topological polar surface area (TPSA) is 26.3 Å². The molecule has 82 valence electrons. The van der Waals surface area contributed by atoms with Gasteiger partial charge in [0.2, 0.25) is 0 Å². The second-order valence-corrected chi connectivity index (χ2v) is 5.36. The number of carbonyl (C=O) groups is 1. The summed E-state index contributed by atoms with van der Waals surface area (Å²) in [6.45, 7) is 5.60. The van der Waals surface area contributed by atoms with Gasteiger partial charge < -0.3 is 4.74 Å². The number of thiophene rings is 1. The Labute approximate surface area is 94.3 Å². The molecular weight excluding hydrogens is 208 g/mol. The van der Waals surface area contributed by atoms with Gasteiger partial charge in [-0.15, -0.1) is 11.3 Å². The van der Waals surface area contributed by atoms with Crippen LogP contribution in [-0.4, -0.2) is 19.0 Å². The third kappa shape index (κ3) is 2.29. The van der Waals surface area contributed by atoms with Gasteiger partial charge in [-0.1, -0.05) is 0 Å². The molecule has 0 atom stereocenters. The minimum absolute atomic E-state index is 0.191. The molecule has 2 nitrogen and oxygen atoms in total. The highest BCUT2D eigenvalue weighted by atomic mass is 32.1. The highest BCUT2D eigenvalue weighted by molar-refractivity contribution is 7.14. The molecule has 2 rings (SSSR count). The Hall–Kier alpha value is -0.670. The minimum atomic E-state index is 0.191. The van der Waals surface area contributed by atoms with Gasteiger partial charge in [0.15, 0.2) is 5.78 Å². The molecule has 1 aliphatic heterocycles. The molecule has 1 fully saturated rings. The fourth-order valence-electron chi connectivity index (χ4n) is 1.86. The first-order chi connectivity index (χ1) is 7.18. The van der Waals surface area contributed by atoms with Crippen molar-refractivity contribution in [2.75, 3.05) is 13.2 Å². The molecule has 1 saturated heterocycles. The number of aryl methyl sites for hydroxylation is 2. The Morgan fingerprint density at radius 1 is 1.40 bits per heavy atom. The summed E-state index contributed by atoms with van der Waals surface area (Å²) < 4.78 is 5.27. The summed E-state index contributed by atoms with van der Waals surface area (Å²) in [5, 5.41) is 0. The van der Waals surface area contributed by atoms with Crippen molar-refractivity contribution in [2.24, 2.45) is 5.92 Å². The third-order valence-electron chi connectivity index (χ3n) is 3.00. The van der Waals surface area contributed by atoms with Crippen molar-refractivity contribution in [2.45, 2.75) is 26.7 Å². The van der Waals surface area contributed by atoms with Crippen LogP contribution in [0.1, 0.15) is 33.0 Å². The van der Waals surface area contributed by atoms with Crippen LogP contribution < -0.4 is 0 Å². The van der Waals surface area contributed by atoms with Crippen molar-refractivity contribution in [1.82, 2.24) is 0 Å². The molecule has 0 unspecified atom stereocenters. The molecule has 1 aromatic rings. The number of ketones is 1. The van der Waals surface area contributed by atoms with Gasteiger partial charge in [0.05, 0.1) is 4.88 Å². The molecule has 0 saturated carbocycles. The largest absolute Gasteiger partial charge is 0.381 e. The number of hydrogen-bond donors (Lipinski definition) is 0. The van der Waals surface area contributed by atoms with E-state index in [9.17, 15) is 4.79 Å². The number of Topliss-reactive ketones (excluding diaryl/α,β-unsaturated/α-hetero) is 1. The maximum Gasteiger partial charge on any atom is 0.176 e. The van der Waals surface area contributed by atoms with Crippen LogP contribution in [0.4, 0.5) is 0 Å². The van der Waals surface area contributed by atoms with Crippen molar-refractivity contribution in [1.29, 1.82) is 0 Å². The van der Waals surface area contributed by atoms with Crippen LogP contribution in [0.25, 0.3) is 0 Å². The van der Waals surface area contributed by atoms with Gasteiger partial charge in [0.1, 0.15) is 0 Å². The van der Waals surface area contributed by atoms with Gasteiger partial charge >= 0.3 is 0 Å². The Morgan fingerprint density at radius 3 is 2.60 bits per heavy atom. The Balaban J connectivity index is 2.12. The van der Waals surface area contributed by atoms with Crippen LogP contribution in [0.3, 0.4) is 0 Å². The predicted octanol–water partition coefficient (Wildman–Crippen LogP) is 2.97. The number of hydrogen-bond acceptors (Lipinski definition) is 3. The zero-order chi connectivity index (χ0) is 10.8. The van der Waals surface area contributed by atoms with E-state index < -0.39 is 0 Å². The number of ether oxygens (including phenoxy) is 1. The minimum Gasteiger partial charge on any atom is -0.381 e. The van der Waals surface area contributed by atoms with E-state index in [1.807, 2.05) is 6.07 Å². The Bertz CT molecular complexity index is 342. The van der Waals surface area contributed by atoms with Gasteiger partial charge in [-0.2, -0.15) is 0 Å². The van der Waals surface area contributed by atoms with Gasteiger partial charge in [0.25, 0.3) is 0 Å². The summed E-state index contributed by atoms with van der Waals surface area (Å²) in [5.41, 5.74) is 1.23. The normalized spacial score (nSPS) is 18.0. The number of rotatable bonds is 2. The van der Waals surface area contributed by atoms with Crippen molar-refractivity contribution in [3.8, 4) is 0 Å². The average molecular weight is 224 g/mol. The first-order valence-electron chi connectivity index (χ1n) is 5.37. The highest BCUT2D eigenvalue weighted by Crippen LogP contribution is 2.26. The summed E-state index contributed by atoms with van der Waals surface area (Å²) in [6.07, 6.45) is 1.77. The summed E-state index contributed by atoms with van der Waals surface area (Å²) in [6, 6.07) is 2.03. The van der Waals surface area contributed by atoms with E-state index in [2.05, 4.69) is 13.8 Å². The zero-order valence-corrected chi connectivity index (χ0v) is 10.0. The standard InChI is InChI=1S/C12H16O2S/c1-8-7-11(15-9(8)2)12(13)10-3-5-14-6-4-10/h7,10H,3-6H2,1-2H3. The second kappa shape index (κ2) is 4.45. The molecule has 2 heterocycles. The quantitative estimate of drug-likeness (QED) is 0.722. The van der Waals surface area contributed by atoms with Crippen molar-refractivity contribution in [3.63, 3.8) is 0 Å². The molecular formula is C12H16O2S. The van der Waals surface area contributed by atoms with Gasteiger partial charge in [0, 0.05) is 24.0 Å². The maximum atomic E-state index is 12.1. The highest BCUT2D eigenvalue weighted by Gasteiger charge is 2.24. The third-order valence-corrected chi connectivity index (χ3v) is 4.17. The van der Waals surface area contributed by atoms with Crippen LogP contribution in [-0.2, 0) is 4.74 Å². The second-order valence-electron chi connectivity index (χ2n) is 4.10. The molecule has 0 bridgehead atoms. The maximum absolute atomic E-state index is 12.1. The fourth-order valence-corrected chi connectivity index (χ4v) is 2.91. The molecule has 0 spiro atoms. The van der Waals surface area contributed by atoms with E-state index in [0.717, 1.165) is 30.9 Å². The summed E-state index contributed by atoms with van der Waals surface area (Å²) in [4.78, 5) is 14.3. The van der Waals surface area contributed by atoms with E-state index in [0.29, 0.717) is 5.78 Å². The van der Waals surface area contributed by atoms with Gasteiger partial charge in [-0.05, 0) is 38.3 Å². The molecule has 3 heteroatoms. The lowest BCUT2D eigenvalue weighted by molar-refractivity contribution is 0.0547. The first kappa shape index (κ1) is 10.8. The van der Waals surface area contributed by atoms with E-state index >= 15 is 0 Å². The van der Waals surface area contributed by atoms with Crippen LogP contribution in [0.15, 0.2) is 6.07 Å². The predicted molar refractivity (Wildman–Crippen MR) is 61.7 cm³/mol. The van der Waals surface area contributed by atoms with E-state index in [-0.39, 0.29) is 5.92 Å². The van der Waals surface area contributed by atoms with Crippen LogP contribution in [0.2, 0.25) is 0 Å². The summed E-state index contributed by atoms with van der Waals surface area (Å²) >= 11 is 1.63. The molecule has 0 N–H and O–H groups in total. The van der Waals surface area contributed by atoms with Crippen LogP contribution in [0, 0.1) is 19.8 Å². The lowest BCUT2D eigenvalue weighted by Crippen LogP contribution is -2.22. The molecule has 0 radical (unpaired) electrons. The number of carbonyl (C=O) groups excluding carboxylic acids is 1. The lowest BCUT2D eigenvalue weighted by atomic mass is 9.94. The van der Waals surface area contributed by atoms with Crippen molar-refractivity contribution >= 4 is 17.1 Å². The average Bonchev–Trinajstić information content (AvgIpc) is 2.59. The summed E-state index contributed by atoms with van der Waals surface area (Å²) in [7, 11) is 0. The van der Waals surface area contributed by atoms with Crippen molar-refractivity contribution in [3.05, 3.63) is 21.4 Å². The summed E-state index contributed by atoms with van der Waals surface area (Å²) in [5.74, 6) is 0.510. The molecule has 15 heavy (non-hydrogen) atoms. The lowest BCUT2D eigenvalue weighted by Gasteiger charge is -2.19. The monoisotopic (exact) mass is 224 g/mol. The van der Waals surface area contributed by atoms with Crippen molar-refractivity contribution < 1.29 is 9.53 Å².